The molecule has 0 atom stereocenters. The Labute approximate surface area is 201 Å². The van der Waals surface area contributed by atoms with Crippen LogP contribution in [0.3, 0.4) is 0 Å². The second-order valence-electron chi connectivity index (χ2n) is 11.4. The fraction of sp³-hybridized carbons (Fsp3) is 0.462. The zero-order chi connectivity index (χ0) is 24.8. The number of benzene rings is 2. The maximum absolute atomic E-state index is 13.4. The van der Waals surface area contributed by atoms with Crippen molar-refractivity contribution in [1.82, 2.24) is 0 Å². The van der Waals surface area contributed by atoms with Crippen molar-refractivity contribution in [3.8, 4) is 0 Å². The molecule has 2 fully saturated rings. The number of fused-ring (bicyclic) bond motifs is 2. The Morgan fingerprint density at radius 1 is 0.500 bits per heavy atom. The lowest BCUT2D eigenvalue weighted by Gasteiger charge is -2.32. The first-order chi connectivity index (χ1) is 15.6. The van der Waals surface area contributed by atoms with Crippen molar-refractivity contribution < 1.29 is 28.2 Å². The Kier molecular flexibility index (Phi) is 4.93. The lowest BCUT2D eigenvalue weighted by atomic mass is 9.72. The van der Waals surface area contributed by atoms with Gasteiger partial charge in [-0.2, -0.15) is 0 Å². The van der Waals surface area contributed by atoms with Gasteiger partial charge in [0.05, 0.1) is 22.4 Å². The summed E-state index contributed by atoms with van der Waals surface area (Å²) >= 11 is 0. The van der Waals surface area contributed by atoms with Crippen molar-refractivity contribution in [3.63, 3.8) is 0 Å². The summed E-state index contributed by atoms with van der Waals surface area (Å²) in [6.07, 6.45) is 0. The predicted octanol–water partition coefficient (Wildman–Crippen LogP) is 3.06. The van der Waals surface area contributed by atoms with E-state index in [1.54, 1.807) is 36.4 Å². The average Bonchev–Trinajstić information content (AvgIpc) is 3.10. The zero-order valence-electron chi connectivity index (χ0n) is 21.1. The average molecular weight is 460 g/mol. The van der Waals surface area contributed by atoms with Gasteiger partial charge < -0.3 is 18.6 Å². The van der Waals surface area contributed by atoms with Crippen molar-refractivity contribution in [3.05, 3.63) is 58.7 Å². The van der Waals surface area contributed by atoms with Crippen LogP contribution in [0.4, 0.5) is 0 Å². The molecule has 34 heavy (non-hydrogen) atoms. The molecule has 3 aliphatic rings. The summed E-state index contributed by atoms with van der Waals surface area (Å²) in [5.74, 6) is -0.383. The topological polar surface area (TPSA) is 71.1 Å². The van der Waals surface area contributed by atoms with Gasteiger partial charge >= 0.3 is 14.2 Å². The first-order valence-corrected chi connectivity index (χ1v) is 11.7. The van der Waals surface area contributed by atoms with E-state index in [1.807, 2.05) is 55.4 Å². The highest BCUT2D eigenvalue weighted by Crippen LogP contribution is 2.38. The molecule has 0 radical (unpaired) electrons. The van der Waals surface area contributed by atoms with Gasteiger partial charge in [-0.3, -0.25) is 9.59 Å². The summed E-state index contributed by atoms with van der Waals surface area (Å²) in [5.41, 5.74) is 0.947. The molecule has 5 rings (SSSR count). The fourth-order valence-electron chi connectivity index (χ4n) is 4.44. The standard InChI is InChI=1S/C26H30B2O6/c1-23(2)24(3,4)32-27(31-23)15-9-11-17-19(13-15)21(29)18-12-10-16(14-20(18)22(17)30)28-33-25(5,6)26(7,8)34-28/h9-14H,1-8H3. The summed E-state index contributed by atoms with van der Waals surface area (Å²) in [7, 11) is -1.21. The Hall–Kier alpha value is -2.25. The van der Waals surface area contributed by atoms with Gasteiger partial charge in [-0.25, -0.2) is 0 Å². The van der Waals surface area contributed by atoms with Crippen molar-refractivity contribution in [2.45, 2.75) is 77.8 Å². The smallest absolute Gasteiger partial charge is 0.399 e. The van der Waals surface area contributed by atoms with Gasteiger partial charge in [-0.15, -0.1) is 0 Å². The highest BCUT2D eigenvalue weighted by molar-refractivity contribution is 6.63. The van der Waals surface area contributed by atoms with Crippen LogP contribution >= 0.6 is 0 Å². The van der Waals surface area contributed by atoms with Crippen LogP contribution in [0.2, 0.25) is 0 Å². The molecule has 2 aliphatic heterocycles. The number of carbonyl (C=O) groups excluding carboxylic acids is 2. The van der Waals surface area contributed by atoms with E-state index in [0.717, 1.165) is 10.9 Å². The van der Waals surface area contributed by atoms with Crippen molar-refractivity contribution >= 4 is 36.7 Å². The second kappa shape index (κ2) is 7.14. The molecule has 2 saturated heterocycles. The van der Waals surface area contributed by atoms with Gasteiger partial charge in [0.25, 0.3) is 0 Å². The number of carbonyl (C=O) groups is 2. The van der Waals surface area contributed by atoms with Crippen LogP contribution in [0.1, 0.15) is 87.2 Å². The number of ketones is 2. The molecule has 2 heterocycles. The van der Waals surface area contributed by atoms with E-state index in [-0.39, 0.29) is 11.6 Å². The summed E-state index contributed by atoms with van der Waals surface area (Å²) < 4.78 is 24.5. The molecule has 0 saturated carbocycles. The number of hydrogen-bond donors (Lipinski definition) is 0. The Balaban J connectivity index is 1.48. The molecule has 2 aromatic carbocycles. The first-order valence-electron chi connectivity index (χ1n) is 11.7. The fourth-order valence-corrected chi connectivity index (χ4v) is 4.44. The van der Waals surface area contributed by atoms with Gasteiger partial charge in [0, 0.05) is 22.3 Å². The summed E-state index contributed by atoms with van der Waals surface area (Å²) in [5, 5.41) is 0. The molecule has 0 unspecified atom stereocenters. The van der Waals surface area contributed by atoms with Crippen LogP contribution < -0.4 is 10.9 Å². The lowest BCUT2D eigenvalue weighted by molar-refractivity contribution is 0.00578. The van der Waals surface area contributed by atoms with Gasteiger partial charge in [0.1, 0.15) is 0 Å². The van der Waals surface area contributed by atoms with E-state index in [4.69, 9.17) is 18.6 Å². The molecular formula is C26H30B2O6. The van der Waals surface area contributed by atoms with E-state index in [9.17, 15) is 9.59 Å². The van der Waals surface area contributed by atoms with Gasteiger partial charge in [0.15, 0.2) is 11.6 Å². The molecule has 0 bridgehead atoms. The quantitative estimate of drug-likeness (QED) is 0.548. The molecule has 0 spiro atoms. The summed E-state index contributed by atoms with van der Waals surface area (Å²) in [6.45, 7) is 15.8. The van der Waals surface area contributed by atoms with Crippen molar-refractivity contribution in [1.29, 1.82) is 0 Å². The van der Waals surface area contributed by atoms with Crippen LogP contribution in [0.5, 0.6) is 0 Å². The van der Waals surface area contributed by atoms with Crippen molar-refractivity contribution in [2.24, 2.45) is 0 Å². The third-order valence-corrected chi connectivity index (χ3v) is 8.12. The molecule has 0 N–H and O–H groups in total. The molecule has 176 valence electrons. The van der Waals surface area contributed by atoms with Crippen LogP contribution in [-0.4, -0.2) is 48.2 Å². The third-order valence-electron chi connectivity index (χ3n) is 8.12. The number of rotatable bonds is 2. The Bertz CT molecular complexity index is 1100. The lowest BCUT2D eigenvalue weighted by Crippen LogP contribution is -2.41. The Morgan fingerprint density at radius 3 is 1.09 bits per heavy atom. The Morgan fingerprint density at radius 2 is 0.794 bits per heavy atom. The molecule has 2 aromatic rings. The third kappa shape index (κ3) is 3.34. The molecule has 6 nitrogen and oxygen atoms in total. The first kappa shape index (κ1) is 23.5. The minimum Gasteiger partial charge on any atom is -0.399 e. The molecule has 8 heteroatoms. The van der Waals surface area contributed by atoms with Gasteiger partial charge in [0.2, 0.25) is 0 Å². The van der Waals surface area contributed by atoms with E-state index in [2.05, 4.69) is 0 Å². The molecular weight excluding hydrogens is 430 g/mol. The molecule has 0 aromatic heterocycles. The van der Waals surface area contributed by atoms with Crippen LogP contribution in [-0.2, 0) is 18.6 Å². The minimum atomic E-state index is -0.606. The summed E-state index contributed by atoms with van der Waals surface area (Å²) in [4.78, 5) is 26.8. The highest BCUT2D eigenvalue weighted by atomic mass is 16.7. The van der Waals surface area contributed by atoms with Crippen LogP contribution in [0.25, 0.3) is 0 Å². The monoisotopic (exact) mass is 460 g/mol. The van der Waals surface area contributed by atoms with Gasteiger partial charge in [-0.1, -0.05) is 36.4 Å². The van der Waals surface area contributed by atoms with E-state index in [1.165, 1.54) is 0 Å². The molecule has 0 amide bonds. The highest BCUT2D eigenvalue weighted by Gasteiger charge is 2.53. The largest absolute Gasteiger partial charge is 0.494 e. The normalized spacial score (nSPS) is 23.8. The maximum Gasteiger partial charge on any atom is 0.494 e. The van der Waals surface area contributed by atoms with Crippen molar-refractivity contribution in [2.75, 3.05) is 0 Å². The molecule has 1 aliphatic carbocycles. The van der Waals surface area contributed by atoms with Crippen LogP contribution in [0.15, 0.2) is 36.4 Å². The van der Waals surface area contributed by atoms with Gasteiger partial charge in [-0.05, 0) is 66.3 Å². The summed E-state index contributed by atoms with van der Waals surface area (Å²) in [6, 6.07) is 10.4. The number of hydrogen-bond acceptors (Lipinski definition) is 6. The predicted molar refractivity (Wildman–Crippen MR) is 131 cm³/mol. The minimum absolute atomic E-state index is 0.191. The SMILES string of the molecule is CC1(C)OB(c2ccc3c(c2)C(=O)c2ccc(B4OC(C)(C)C(C)(C)O4)cc2C3=O)OC1(C)C. The second-order valence-corrected chi connectivity index (χ2v) is 11.4. The van der Waals surface area contributed by atoms with E-state index < -0.39 is 36.6 Å². The van der Waals surface area contributed by atoms with E-state index >= 15 is 0 Å². The van der Waals surface area contributed by atoms with E-state index in [0.29, 0.717) is 22.3 Å². The van der Waals surface area contributed by atoms with Crippen LogP contribution in [0, 0.1) is 0 Å². The maximum atomic E-state index is 13.4. The zero-order valence-corrected chi connectivity index (χ0v) is 21.1.